The van der Waals surface area contributed by atoms with Gasteiger partial charge < -0.3 is 15.2 Å². The maximum atomic E-state index is 12.4. The number of sulfonamides is 1. The first kappa shape index (κ1) is 21.2. The molecule has 1 saturated heterocycles. The molecule has 0 radical (unpaired) electrons. The summed E-state index contributed by atoms with van der Waals surface area (Å²) < 4.78 is 33.4. The standard InChI is InChI=1S/C20H30N2O5S/c1-14-5-2-3-8-19(14)28(25,26)21-12-11-16-9-10-17(18(13-23)27-16)22-20(24)15-6-4-7-15/h2-3,5,8,15-18,21,23H,4,6-7,9-13H2,1H3,(H,22,24)/t16-,17-,18-/m0/s1. The molecule has 28 heavy (non-hydrogen) atoms. The van der Waals surface area contributed by atoms with Crippen LogP contribution in [0.25, 0.3) is 0 Å². The molecule has 1 aliphatic carbocycles. The van der Waals surface area contributed by atoms with Crippen molar-refractivity contribution in [1.29, 1.82) is 0 Å². The average Bonchev–Trinajstić information content (AvgIpc) is 2.61. The highest BCUT2D eigenvalue weighted by Crippen LogP contribution is 2.28. The van der Waals surface area contributed by atoms with E-state index in [0.29, 0.717) is 12.0 Å². The first-order valence-corrected chi connectivity index (χ1v) is 11.5. The van der Waals surface area contributed by atoms with E-state index in [1.54, 1.807) is 31.2 Å². The van der Waals surface area contributed by atoms with Crippen molar-refractivity contribution in [3.8, 4) is 0 Å². The average molecular weight is 411 g/mol. The van der Waals surface area contributed by atoms with Crippen LogP contribution in [0.3, 0.4) is 0 Å². The van der Waals surface area contributed by atoms with E-state index < -0.39 is 16.1 Å². The number of hydrogen-bond donors (Lipinski definition) is 3. The number of aliphatic hydroxyl groups excluding tert-OH is 1. The third-order valence-electron chi connectivity index (χ3n) is 5.74. The summed E-state index contributed by atoms with van der Waals surface area (Å²) in [6.07, 6.45) is 4.34. The number of rotatable bonds is 8. The molecule has 3 atom stereocenters. The number of aryl methyl sites for hydroxylation is 1. The number of carbonyl (C=O) groups is 1. The first-order chi connectivity index (χ1) is 13.4. The third-order valence-corrected chi connectivity index (χ3v) is 7.36. The Balaban J connectivity index is 1.47. The topological polar surface area (TPSA) is 105 Å². The molecule has 8 heteroatoms. The highest BCUT2D eigenvalue weighted by Gasteiger charge is 2.34. The molecular formula is C20H30N2O5S. The summed E-state index contributed by atoms with van der Waals surface area (Å²) in [5.41, 5.74) is 0.703. The van der Waals surface area contributed by atoms with E-state index in [4.69, 9.17) is 4.74 Å². The molecule has 1 aromatic carbocycles. The van der Waals surface area contributed by atoms with Crippen LogP contribution in [0.4, 0.5) is 0 Å². The van der Waals surface area contributed by atoms with Crippen molar-refractivity contribution in [3.63, 3.8) is 0 Å². The summed E-state index contributed by atoms with van der Waals surface area (Å²) in [5, 5.41) is 12.7. The molecule has 0 spiro atoms. The summed E-state index contributed by atoms with van der Waals surface area (Å²) in [7, 11) is -3.56. The van der Waals surface area contributed by atoms with Crippen LogP contribution >= 0.6 is 0 Å². The monoisotopic (exact) mass is 410 g/mol. The molecule has 3 rings (SSSR count). The summed E-state index contributed by atoms with van der Waals surface area (Å²) in [4.78, 5) is 12.4. The molecule has 1 amide bonds. The maximum Gasteiger partial charge on any atom is 0.240 e. The smallest absolute Gasteiger partial charge is 0.240 e. The molecular weight excluding hydrogens is 380 g/mol. The number of amides is 1. The number of aliphatic hydroxyl groups is 1. The van der Waals surface area contributed by atoms with Crippen LogP contribution in [0.1, 0.15) is 44.1 Å². The first-order valence-electron chi connectivity index (χ1n) is 10.0. The SMILES string of the molecule is Cc1ccccc1S(=O)(=O)NCC[C@@H]1CC[C@H](NC(=O)C2CCC2)[C@H](CO)O1. The molecule has 0 aromatic heterocycles. The van der Waals surface area contributed by atoms with Crippen molar-refractivity contribution < 1.29 is 23.1 Å². The van der Waals surface area contributed by atoms with Gasteiger partial charge in [-0.1, -0.05) is 24.6 Å². The van der Waals surface area contributed by atoms with Crippen molar-refractivity contribution in [2.24, 2.45) is 5.92 Å². The summed E-state index contributed by atoms with van der Waals surface area (Å²) in [5.74, 6) is 0.163. The van der Waals surface area contributed by atoms with Gasteiger partial charge in [0.2, 0.25) is 15.9 Å². The molecule has 2 aliphatic rings. The zero-order valence-corrected chi connectivity index (χ0v) is 17.1. The van der Waals surface area contributed by atoms with Gasteiger partial charge in [0.05, 0.1) is 23.6 Å². The van der Waals surface area contributed by atoms with E-state index in [-0.39, 0.29) is 42.0 Å². The quantitative estimate of drug-likeness (QED) is 0.602. The Bertz CT molecular complexity index is 779. The number of carbonyl (C=O) groups excluding carboxylic acids is 1. The van der Waals surface area contributed by atoms with Crippen LogP contribution in [0.2, 0.25) is 0 Å². The second-order valence-electron chi connectivity index (χ2n) is 7.75. The molecule has 1 heterocycles. The van der Waals surface area contributed by atoms with Crippen LogP contribution in [0.5, 0.6) is 0 Å². The van der Waals surface area contributed by atoms with Crippen molar-refractivity contribution in [1.82, 2.24) is 10.0 Å². The Labute approximate surface area is 166 Å². The minimum atomic E-state index is -3.56. The van der Waals surface area contributed by atoms with Gasteiger partial charge in [-0.05, 0) is 50.7 Å². The predicted octanol–water partition coefficient (Wildman–Crippen LogP) is 1.49. The maximum absolute atomic E-state index is 12.4. The van der Waals surface area contributed by atoms with Crippen molar-refractivity contribution >= 4 is 15.9 Å². The molecule has 0 unspecified atom stereocenters. The van der Waals surface area contributed by atoms with Crippen molar-refractivity contribution in [2.45, 2.75) is 68.6 Å². The molecule has 1 aliphatic heterocycles. The highest BCUT2D eigenvalue weighted by molar-refractivity contribution is 7.89. The lowest BCUT2D eigenvalue weighted by atomic mass is 9.84. The minimum Gasteiger partial charge on any atom is -0.394 e. The van der Waals surface area contributed by atoms with Gasteiger partial charge in [-0.3, -0.25) is 4.79 Å². The summed E-state index contributed by atoms with van der Waals surface area (Å²) in [6, 6.07) is 6.68. The third kappa shape index (κ3) is 5.11. The van der Waals surface area contributed by atoms with Crippen molar-refractivity contribution in [2.75, 3.05) is 13.2 Å². The predicted molar refractivity (Wildman–Crippen MR) is 105 cm³/mol. The Morgan fingerprint density at radius 3 is 2.61 bits per heavy atom. The minimum absolute atomic E-state index is 0.0581. The largest absolute Gasteiger partial charge is 0.394 e. The fraction of sp³-hybridized carbons (Fsp3) is 0.650. The van der Waals surface area contributed by atoms with Gasteiger partial charge >= 0.3 is 0 Å². The van der Waals surface area contributed by atoms with Gasteiger partial charge in [0.25, 0.3) is 0 Å². The Hall–Kier alpha value is -1.48. The van der Waals surface area contributed by atoms with Gasteiger partial charge in [0.15, 0.2) is 0 Å². The van der Waals surface area contributed by atoms with Crippen LogP contribution in [-0.4, -0.2) is 50.8 Å². The number of nitrogens with one attached hydrogen (secondary N) is 2. The number of benzene rings is 1. The fourth-order valence-electron chi connectivity index (χ4n) is 3.77. The van der Waals surface area contributed by atoms with Crippen LogP contribution < -0.4 is 10.0 Å². The summed E-state index contributed by atoms with van der Waals surface area (Å²) in [6.45, 7) is 1.86. The molecule has 1 saturated carbocycles. The number of ether oxygens (including phenoxy) is 1. The molecule has 156 valence electrons. The molecule has 2 fully saturated rings. The van der Waals surface area contributed by atoms with Crippen LogP contribution in [-0.2, 0) is 19.6 Å². The van der Waals surface area contributed by atoms with Crippen molar-refractivity contribution in [3.05, 3.63) is 29.8 Å². The Morgan fingerprint density at radius 1 is 1.21 bits per heavy atom. The molecule has 0 bridgehead atoms. The van der Waals surface area contributed by atoms with Crippen LogP contribution in [0.15, 0.2) is 29.2 Å². The van der Waals surface area contributed by atoms with E-state index >= 15 is 0 Å². The van der Waals surface area contributed by atoms with Gasteiger partial charge in [0, 0.05) is 12.5 Å². The van der Waals surface area contributed by atoms with Gasteiger partial charge in [-0.15, -0.1) is 0 Å². The van der Waals surface area contributed by atoms with E-state index in [2.05, 4.69) is 10.0 Å². The lowest BCUT2D eigenvalue weighted by Gasteiger charge is -2.37. The van der Waals surface area contributed by atoms with Gasteiger partial charge in [-0.2, -0.15) is 0 Å². The second kappa shape index (κ2) is 9.35. The van der Waals surface area contributed by atoms with E-state index in [0.717, 1.165) is 32.1 Å². The molecule has 3 N–H and O–H groups in total. The van der Waals surface area contributed by atoms with E-state index in [9.17, 15) is 18.3 Å². The lowest BCUT2D eigenvalue weighted by Crippen LogP contribution is -2.53. The Kier molecular flexibility index (Phi) is 7.09. The number of hydrogen-bond acceptors (Lipinski definition) is 5. The zero-order valence-electron chi connectivity index (χ0n) is 16.3. The zero-order chi connectivity index (χ0) is 20.1. The van der Waals surface area contributed by atoms with E-state index in [1.165, 1.54) is 0 Å². The van der Waals surface area contributed by atoms with E-state index in [1.807, 2.05) is 0 Å². The molecule has 7 nitrogen and oxygen atoms in total. The van der Waals surface area contributed by atoms with Gasteiger partial charge in [-0.25, -0.2) is 13.1 Å². The van der Waals surface area contributed by atoms with Crippen LogP contribution in [0, 0.1) is 12.8 Å². The summed E-state index contributed by atoms with van der Waals surface area (Å²) >= 11 is 0. The fourth-order valence-corrected chi connectivity index (χ4v) is 5.06. The molecule has 1 aromatic rings. The lowest BCUT2D eigenvalue weighted by molar-refractivity contribution is -0.134. The Morgan fingerprint density at radius 2 is 1.96 bits per heavy atom. The highest BCUT2D eigenvalue weighted by atomic mass is 32.2. The second-order valence-corrected chi connectivity index (χ2v) is 9.49. The normalized spacial score (nSPS) is 25.9. The van der Waals surface area contributed by atoms with Gasteiger partial charge in [0.1, 0.15) is 6.10 Å².